The molecule has 1 aliphatic heterocycles. The molecule has 0 unspecified atom stereocenters. The molecule has 0 bridgehead atoms. The van der Waals surface area contributed by atoms with Crippen LogP contribution in [0.2, 0.25) is 0 Å². The summed E-state index contributed by atoms with van der Waals surface area (Å²) in [7, 11) is 1.54. The van der Waals surface area contributed by atoms with Crippen LogP contribution in [-0.4, -0.2) is 18.9 Å². The van der Waals surface area contributed by atoms with E-state index in [1.807, 2.05) is 36.4 Å². The standard InChI is InChI=1S/C25H21FN2O2/c1-16(29)28-15-19-13-22(20-8-4-5-9-21(20)25(30)27-2)23(26)14-18(19)12-11-17-7-3-6-10-24(17)28/h3-14H,15H2,1-2H3,(H,27,30)/b12-11-. The number of para-hydroxylation sites is 1. The Morgan fingerprint density at radius 1 is 0.933 bits per heavy atom. The SMILES string of the molecule is CNC(=O)c1ccccc1-c1cc2c(cc1F)/C=C\c1ccccc1N(C(C)=O)C2. The monoisotopic (exact) mass is 400 g/mol. The van der Waals surface area contributed by atoms with Gasteiger partial charge in [-0.15, -0.1) is 0 Å². The Bertz CT molecular complexity index is 1180. The van der Waals surface area contributed by atoms with Gasteiger partial charge in [0.1, 0.15) is 5.82 Å². The van der Waals surface area contributed by atoms with Crippen molar-refractivity contribution in [1.82, 2.24) is 5.32 Å². The van der Waals surface area contributed by atoms with Crippen molar-refractivity contribution in [3.8, 4) is 11.1 Å². The highest BCUT2D eigenvalue weighted by molar-refractivity contribution is 6.01. The number of anilines is 1. The zero-order valence-corrected chi connectivity index (χ0v) is 16.8. The van der Waals surface area contributed by atoms with Gasteiger partial charge in [-0.1, -0.05) is 48.6 Å². The van der Waals surface area contributed by atoms with Crippen LogP contribution in [0.3, 0.4) is 0 Å². The maximum atomic E-state index is 15.2. The number of carbonyl (C=O) groups is 2. The van der Waals surface area contributed by atoms with Gasteiger partial charge in [-0.3, -0.25) is 9.59 Å². The Kier molecular flexibility index (Phi) is 5.19. The fourth-order valence-corrected chi connectivity index (χ4v) is 3.77. The minimum atomic E-state index is -0.419. The van der Waals surface area contributed by atoms with E-state index in [0.29, 0.717) is 28.8 Å². The first kappa shape index (κ1) is 19.6. The van der Waals surface area contributed by atoms with Crippen LogP contribution >= 0.6 is 0 Å². The van der Waals surface area contributed by atoms with Crippen LogP contribution in [0.15, 0.2) is 60.7 Å². The molecule has 0 aliphatic carbocycles. The molecule has 0 atom stereocenters. The molecule has 30 heavy (non-hydrogen) atoms. The Morgan fingerprint density at radius 3 is 2.40 bits per heavy atom. The highest BCUT2D eigenvalue weighted by Gasteiger charge is 2.21. The first-order valence-electron chi connectivity index (χ1n) is 9.68. The van der Waals surface area contributed by atoms with E-state index >= 15 is 4.39 Å². The molecule has 0 aromatic heterocycles. The molecule has 5 heteroatoms. The summed E-state index contributed by atoms with van der Waals surface area (Å²) in [5.41, 5.74) is 4.45. The Hall–Kier alpha value is -3.73. The fourth-order valence-electron chi connectivity index (χ4n) is 3.77. The van der Waals surface area contributed by atoms with Crippen LogP contribution in [-0.2, 0) is 11.3 Å². The number of hydrogen-bond donors (Lipinski definition) is 1. The van der Waals surface area contributed by atoms with Gasteiger partial charge >= 0.3 is 0 Å². The van der Waals surface area contributed by atoms with E-state index in [4.69, 9.17) is 0 Å². The van der Waals surface area contributed by atoms with Crippen LogP contribution in [0.1, 0.15) is 34.0 Å². The van der Waals surface area contributed by atoms with E-state index in [9.17, 15) is 9.59 Å². The van der Waals surface area contributed by atoms with E-state index in [2.05, 4.69) is 5.32 Å². The molecule has 0 spiro atoms. The van der Waals surface area contributed by atoms with E-state index in [0.717, 1.165) is 16.8 Å². The van der Waals surface area contributed by atoms with E-state index in [1.54, 1.807) is 42.3 Å². The number of fused-ring (bicyclic) bond motifs is 2. The summed E-state index contributed by atoms with van der Waals surface area (Å²) < 4.78 is 15.2. The summed E-state index contributed by atoms with van der Waals surface area (Å²) in [6.45, 7) is 1.83. The fraction of sp³-hybridized carbons (Fsp3) is 0.120. The molecular weight excluding hydrogens is 379 g/mol. The van der Waals surface area contributed by atoms with Crippen molar-refractivity contribution in [2.45, 2.75) is 13.5 Å². The maximum absolute atomic E-state index is 15.2. The number of rotatable bonds is 2. The van der Waals surface area contributed by atoms with Crippen molar-refractivity contribution >= 4 is 29.7 Å². The van der Waals surface area contributed by atoms with Gasteiger partial charge in [-0.2, -0.15) is 0 Å². The highest BCUT2D eigenvalue weighted by Crippen LogP contribution is 2.34. The number of amides is 2. The van der Waals surface area contributed by atoms with Crippen LogP contribution in [0.5, 0.6) is 0 Å². The lowest BCUT2D eigenvalue weighted by Crippen LogP contribution is -2.29. The third-order valence-electron chi connectivity index (χ3n) is 5.30. The summed E-state index contributed by atoms with van der Waals surface area (Å²) in [5.74, 6) is -0.797. The molecular formula is C25H21FN2O2. The first-order chi connectivity index (χ1) is 14.5. The van der Waals surface area contributed by atoms with Crippen LogP contribution < -0.4 is 10.2 Å². The molecule has 3 aromatic carbocycles. The Labute approximate surface area is 174 Å². The summed E-state index contributed by atoms with van der Waals surface area (Å²) in [5, 5.41) is 2.60. The molecule has 1 aliphatic rings. The van der Waals surface area contributed by atoms with E-state index < -0.39 is 5.82 Å². The molecule has 1 N–H and O–H groups in total. The number of nitrogens with one attached hydrogen (secondary N) is 1. The minimum absolute atomic E-state index is 0.0969. The molecule has 0 saturated heterocycles. The van der Waals surface area contributed by atoms with Crippen molar-refractivity contribution in [2.75, 3.05) is 11.9 Å². The van der Waals surface area contributed by atoms with Gasteiger partial charge in [0, 0.05) is 25.1 Å². The number of halogens is 1. The average molecular weight is 400 g/mol. The Morgan fingerprint density at radius 2 is 1.63 bits per heavy atom. The van der Waals surface area contributed by atoms with Crippen molar-refractivity contribution in [2.24, 2.45) is 0 Å². The quantitative estimate of drug-likeness (QED) is 0.666. The van der Waals surface area contributed by atoms with Crippen molar-refractivity contribution in [3.63, 3.8) is 0 Å². The second-order valence-electron chi connectivity index (χ2n) is 7.15. The molecule has 3 aromatic rings. The predicted molar refractivity (Wildman–Crippen MR) is 117 cm³/mol. The van der Waals surface area contributed by atoms with Gasteiger partial charge < -0.3 is 10.2 Å². The molecule has 4 rings (SSSR count). The molecule has 1 heterocycles. The summed E-state index contributed by atoms with van der Waals surface area (Å²) in [4.78, 5) is 26.4. The van der Waals surface area contributed by atoms with Gasteiger partial charge in [0.2, 0.25) is 5.91 Å². The molecule has 150 valence electrons. The average Bonchev–Trinajstić information content (AvgIpc) is 2.75. The van der Waals surface area contributed by atoms with E-state index in [-0.39, 0.29) is 11.8 Å². The summed E-state index contributed by atoms with van der Waals surface area (Å²) in [6.07, 6.45) is 3.75. The second-order valence-corrected chi connectivity index (χ2v) is 7.15. The molecule has 0 fully saturated rings. The molecule has 4 nitrogen and oxygen atoms in total. The lowest BCUT2D eigenvalue weighted by atomic mass is 9.93. The lowest BCUT2D eigenvalue weighted by molar-refractivity contribution is -0.116. The van der Waals surface area contributed by atoms with Crippen molar-refractivity contribution in [1.29, 1.82) is 0 Å². The predicted octanol–water partition coefficient (Wildman–Crippen LogP) is 4.89. The van der Waals surface area contributed by atoms with Gasteiger partial charge in [-0.25, -0.2) is 4.39 Å². The van der Waals surface area contributed by atoms with Crippen molar-refractivity contribution in [3.05, 3.63) is 88.7 Å². The zero-order valence-electron chi connectivity index (χ0n) is 16.8. The number of hydrogen-bond acceptors (Lipinski definition) is 2. The Balaban J connectivity index is 1.89. The zero-order chi connectivity index (χ0) is 21.3. The van der Waals surface area contributed by atoms with Crippen LogP contribution in [0, 0.1) is 5.82 Å². The maximum Gasteiger partial charge on any atom is 0.251 e. The minimum Gasteiger partial charge on any atom is -0.355 e. The second kappa shape index (κ2) is 7.95. The smallest absolute Gasteiger partial charge is 0.251 e. The third kappa shape index (κ3) is 3.50. The van der Waals surface area contributed by atoms with E-state index in [1.165, 1.54) is 13.0 Å². The summed E-state index contributed by atoms with van der Waals surface area (Å²) >= 11 is 0. The van der Waals surface area contributed by atoms with Gasteiger partial charge in [0.25, 0.3) is 5.91 Å². The number of carbonyl (C=O) groups excluding carboxylic acids is 2. The molecule has 0 radical (unpaired) electrons. The van der Waals surface area contributed by atoms with Gasteiger partial charge in [0.15, 0.2) is 0 Å². The van der Waals surface area contributed by atoms with Crippen LogP contribution in [0.25, 0.3) is 23.3 Å². The first-order valence-corrected chi connectivity index (χ1v) is 9.68. The van der Waals surface area contributed by atoms with Crippen molar-refractivity contribution < 1.29 is 14.0 Å². The largest absolute Gasteiger partial charge is 0.355 e. The third-order valence-corrected chi connectivity index (χ3v) is 5.30. The number of benzene rings is 3. The van der Waals surface area contributed by atoms with Gasteiger partial charge in [-0.05, 0) is 46.5 Å². The highest BCUT2D eigenvalue weighted by atomic mass is 19.1. The summed E-state index contributed by atoms with van der Waals surface area (Å²) in [6, 6.07) is 17.7. The lowest BCUT2D eigenvalue weighted by Gasteiger charge is -2.26. The molecule has 0 saturated carbocycles. The normalized spacial score (nSPS) is 13.5. The molecule has 2 amide bonds. The number of nitrogens with zero attached hydrogens (tertiary/aromatic N) is 1. The van der Waals surface area contributed by atoms with Gasteiger partial charge in [0.05, 0.1) is 12.2 Å². The topological polar surface area (TPSA) is 49.4 Å². The van der Waals surface area contributed by atoms with Crippen LogP contribution in [0.4, 0.5) is 10.1 Å².